The van der Waals surface area contributed by atoms with Crippen LogP contribution in [0.4, 0.5) is 5.69 Å². The number of nitrogens with two attached hydrogens (primary N) is 1. The molecule has 1 aromatic rings. The van der Waals surface area contributed by atoms with Crippen LogP contribution in [0, 0.1) is 12.3 Å². The van der Waals surface area contributed by atoms with E-state index in [0.717, 1.165) is 0 Å². The Hall–Kier alpha value is -1.88. The second-order valence-electron chi connectivity index (χ2n) is 5.67. The number of hydrogen-bond donors (Lipinski definition) is 3. The van der Waals surface area contributed by atoms with Gasteiger partial charge in [-0.25, -0.2) is 4.79 Å². The molecule has 0 fully saturated rings. The van der Waals surface area contributed by atoms with Crippen molar-refractivity contribution in [1.29, 1.82) is 0 Å². The molecule has 0 bridgehead atoms. The average Bonchev–Trinajstić information content (AvgIpc) is 2.29. The Kier molecular flexibility index (Phi) is 4.32. The highest BCUT2D eigenvalue weighted by Gasteiger charge is 2.27. The molecular formula is C14H20N2O3. The third-order valence-electron chi connectivity index (χ3n) is 2.95. The zero-order valence-corrected chi connectivity index (χ0v) is 11.7. The van der Waals surface area contributed by atoms with Gasteiger partial charge in [0.15, 0.2) is 0 Å². The summed E-state index contributed by atoms with van der Waals surface area (Å²) in [6, 6.07) is 3.91. The number of amides is 1. The highest BCUT2D eigenvalue weighted by atomic mass is 16.4. The summed E-state index contributed by atoms with van der Waals surface area (Å²) in [5, 5.41) is 11.6. The lowest BCUT2D eigenvalue weighted by Crippen LogP contribution is -2.45. The monoisotopic (exact) mass is 264 g/mol. The van der Waals surface area contributed by atoms with Crippen LogP contribution in [0.5, 0.6) is 0 Å². The summed E-state index contributed by atoms with van der Waals surface area (Å²) in [4.78, 5) is 22.8. The number of nitrogens with one attached hydrogen (secondary N) is 1. The van der Waals surface area contributed by atoms with Crippen molar-refractivity contribution in [2.45, 2.75) is 33.7 Å². The maximum Gasteiger partial charge on any atom is 0.335 e. The van der Waals surface area contributed by atoms with Gasteiger partial charge >= 0.3 is 5.97 Å². The molecule has 5 nitrogen and oxygen atoms in total. The van der Waals surface area contributed by atoms with E-state index < -0.39 is 12.0 Å². The van der Waals surface area contributed by atoms with Crippen molar-refractivity contribution in [3.63, 3.8) is 0 Å². The molecule has 1 aromatic carbocycles. The molecule has 19 heavy (non-hydrogen) atoms. The summed E-state index contributed by atoms with van der Waals surface area (Å²) >= 11 is 0. The normalized spacial score (nSPS) is 12.9. The third-order valence-corrected chi connectivity index (χ3v) is 2.95. The Morgan fingerprint density at radius 2 is 1.89 bits per heavy atom. The molecule has 0 aliphatic carbocycles. The van der Waals surface area contributed by atoms with Gasteiger partial charge in [-0.2, -0.15) is 0 Å². The molecule has 104 valence electrons. The molecular weight excluding hydrogens is 244 g/mol. The highest BCUT2D eigenvalue weighted by Crippen LogP contribution is 2.21. The Labute approximate surface area is 112 Å². The molecule has 0 aliphatic heterocycles. The maximum atomic E-state index is 12.0. The molecule has 0 unspecified atom stereocenters. The van der Waals surface area contributed by atoms with Gasteiger partial charge in [-0.1, -0.05) is 20.8 Å². The fourth-order valence-corrected chi connectivity index (χ4v) is 1.54. The van der Waals surface area contributed by atoms with Gasteiger partial charge in [-0.3, -0.25) is 4.79 Å². The Morgan fingerprint density at radius 1 is 1.32 bits per heavy atom. The molecule has 0 radical (unpaired) electrons. The first-order chi connectivity index (χ1) is 8.62. The molecule has 1 atom stereocenters. The highest BCUT2D eigenvalue weighted by molar-refractivity contribution is 5.96. The molecule has 0 aromatic heterocycles. The predicted octanol–water partition coefficient (Wildman–Crippen LogP) is 2.01. The van der Waals surface area contributed by atoms with Crippen LogP contribution < -0.4 is 11.1 Å². The number of rotatable bonds is 3. The van der Waals surface area contributed by atoms with Gasteiger partial charge in [-0.05, 0) is 36.1 Å². The summed E-state index contributed by atoms with van der Waals surface area (Å²) < 4.78 is 0. The van der Waals surface area contributed by atoms with Crippen LogP contribution in [-0.2, 0) is 4.79 Å². The fourth-order valence-electron chi connectivity index (χ4n) is 1.54. The van der Waals surface area contributed by atoms with Gasteiger partial charge in [0.25, 0.3) is 0 Å². The first-order valence-electron chi connectivity index (χ1n) is 6.03. The largest absolute Gasteiger partial charge is 0.478 e. The second-order valence-corrected chi connectivity index (χ2v) is 5.67. The molecule has 4 N–H and O–H groups in total. The number of benzene rings is 1. The van der Waals surface area contributed by atoms with Crippen molar-refractivity contribution in [2.75, 3.05) is 5.32 Å². The van der Waals surface area contributed by atoms with Crippen molar-refractivity contribution >= 4 is 17.6 Å². The zero-order chi connectivity index (χ0) is 14.8. The lowest BCUT2D eigenvalue weighted by molar-refractivity contribution is -0.119. The topological polar surface area (TPSA) is 92.4 Å². The SMILES string of the molecule is Cc1cc(C(=O)O)ccc1NC(=O)[C@H](N)C(C)(C)C. The molecule has 0 saturated heterocycles. The van der Waals surface area contributed by atoms with Crippen LogP contribution in [0.25, 0.3) is 0 Å². The lowest BCUT2D eigenvalue weighted by atomic mass is 9.87. The molecule has 0 heterocycles. The van der Waals surface area contributed by atoms with Crippen LogP contribution in [-0.4, -0.2) is 23.0 Å². The number of hydrogen-bond acceptors (Lipinski definition) is 3. The Bertz CT molecular complexity index is 504. The number of aromatic carboxylic acids is 1. The van der Waals surface area contributed by atoms with E-state index in [-0.39, 0.29) is 16.9 Å². The standard InChI is InChI=1S/C14H20N2O3/c1-8-7-9(13(18)19)5-6-10(8)16-12(17)11(15)14(2,3)4/h5-7,11H,15H2,1-4H3,(H,16,17)(H,18,19)/t11-/m0/s1. The first kappa shape index (κ1) is 15.2. The third kappa shape index (κ3) is 3.79. The van der Waals surface area contributed by atoms with E-state index in [4.69, 9.17) is 10.8 Å². The smallest absolute Gasteiger partial charge is 0.335 e. The molecule has 0 spiro atoms. The molecule has 0 saturated carbocycles. The summed E-state index contributed by atoms with van der Waals surface area (Å²) in [7, 11) is 0. The fraction of sp³-hybridized carbons (Fsp3) is 0.429. The van der Waals surface area contributed by atoms with Gasteiger partial charge in [0.1, 0.15) is 0 Å². The van der Waals surface area contributed by atoms with Gasteiger partial charge < -0.3 is 16.2 Å². The average molecular weight is 264 g/mol. The van der Waals surface area contributed by atoms with Crippen LogP contribution in [0.2, 0.25) is 0 Å². The number of carboxylic acids is 1. The van der Waals surface area contributed by atoms with Crippen molar-refractivity contribution in [1.82, 2.24) is 0 Å². The molecule has 1 rings (SSSR count). The van der Waals surface area contributed by atoms with Crippen molar-refractivity contribution in [3.8, 4) is 0 Å². The number of carbonyl (C=O) groups is 2. The van der Waals surface area contributed by atoms with Crippen molar-refractivity contribution in [2.24, 2.45) is 11.1 Å². The van der Waals surface area contributed by atoms with E-state index >= 15 is 0 Å². The van der Waals surface area contributed by atoms with Gasteiger partial charge in [0.05, 0.1) is 11.6 Å². The molecule has 5 heteroatoms. The van der Waals surface area contributed by atoms with E-state index in [0.29, 0.717) is 11.3 Å². The summed E-state index contributed by atoms with van der Waals surface area (Å²) in [5.41, 5.74) is 6.99. The van der Waals surface area contributed by atoms with E-state index in [2.05, 4.69) is 5.32 Å². The number of carbonyl (C=O) groups excluding carboxylic acids is 1. The van der Waals surface area contributed by atoms with Crippen LogP contribution in [0.1, 0.15) is 36.7 Å². The van der Waals surface area contributed by atoms with Gasteiger partial charge in [0.2, 0.25) is 5.91 Å². The van der Waals surface area contributed by atoms with Crippen LogP contribution in [0.15, 0.2) is 18.2 Å². The Balaban J connectivity index is 2.89. The number of anilines is 1. The lowest BCUT2D eigenvalue weighted by Gasteiger charge is -2.26. The molecule has 1 amide bonds. The summed E-state index contributed by atoms with van der Waals surface area (Å²) in [6.45, 7) is 7.40. The minimum atomic E-state index is -0.993. The van der Waals surface area contributed by atoms with Gasteiger partial charge in [-0.15, -0.1) is 0 Å². The minimum Gasteiger partial charge on any atom is -0.478 e. The maximum absolute atomic E-state index is 12.0. The van der Waals surface area contributed by atoms with Crippen LogP contribution in [0.3, 0.4) is 0 Å². The second kappa shape index (κ2) is 5.40. The van der Waals surface area contributed by atoms with E-state index in [1.165, 1.54) is 12.1 Å². The van der Waals surface area contributed by atoms with E-state index in [9.17, 15) is 9.59 Å². The van der Waals surface area contributed by atoms with Gasteiger partial charge in [0, 0.05) is 5.69 Å². The van der Waals surface area contributed by atoms with Crippen molar-refractivity contribution in [3.05, 3.63) is 29.3 Å². The zero-order valence-electron chi connectivity index (χ0n) is 11.7. The number of aryl methyl sites for hydroxylation is 1. The number of carboxylic acid groups (broad SMARTS) is 1. The van der Waals surface area contributed by atoms with E-state index in [1.54, 1.807) is 13.0 Å². The van der Waals surface area contributed by atoms with Crippen molar-refractivity contribution < 1.29 is 14.7 Å². The predicted molar refractivity (Wildman–Crippen MR) is 74.2 cm³/mol. The summed E-state index contributed by atoms with van der Waals surface area (Å²) in [6.07, 6.45) is 0. The van der Waals surface area contributed by atoms with E-state index in [1.807, 2.05) is 20.8 Å². The Morgan fingerprint density at radius 3 is 2.32 bits per heavy atom. The quantitative estimate of drug-likeness (QED) is 0.778. The van der Waals surface area contributed by atoms with Crippen LogP contribution >= 0.6 is 0 Å². The summed E-state index contributed by atoms with van der Waals surface area (Å²) in [5.74, 6) is -1.27. The minimum absolute atomic E-state index is 0.190. The molecule has 0 aliphatic rings. The first-order valence-corrected chi connectivity index (χ1v) is 6.03.